The Morgan fingerprint density at radius 1 is 1.44 bits per heavy atom. The molecule has 0 aromatic heterocycles. The van der Waals surface area contributed by atoms with Gasteiger partial charge in [0.1, 0.15) is 0 Å². The van der Waals surface area contributed by atoms with Gasteiger partial charge in [-0.05, 0) is 12.5 Å². The van der Waals surface area contributed by atoms with Crippen molar-refractivity contribution in [2.75, 3.05) is 13.7 Å². The first kappa shape index (κ1) is 12.7. The van der Waals surface area contributed by atoms with Crippen molar-refractivity contribution in [3.8, 4) is 0 Å². The third kappa shape index (κ3) is 3.32. The van der Waals surface area contributed by atoms with Crippen LogP contribution in [0.5, 0.6) is 0 Å². The van der Waals surface area contributed by atoms with Crippen molar-refractivity contribution in [1.82, 2.24) is 5.32 Å². The Kier molecular flexibility index (Phi) is 4.95. The van der Waals surface area contributed by atoms with E-state index in [9.17, 15) is 4.79 Å². The summed E-state index contributed by atoms with van der Waals surface area (Å²) in [6.07, 6.45) is -0.574. The van der Waals surface area contributed by atoms with Crippen LogP contribution in [0.2, 0.25) is 0 Å². The van der Waals surface area contributed by atoms with Gasteiger partial charge in [-0.25, -0.2) is 0 Å². The molecule has 0 spiro atoms. The molecule has 2 atom stereocenters. The molecule has 4 nitrogen and oxygen atoms in total. The third-order valence-corrected chi connectivity index (χ3v) is 2.32. The van der Waals surface area contributed by atoms with Crippen molar-refractivity contribution >= 4 is 5.91 Å². The first-order valence-corrected chi connectivity index (χ1v) is 5.27. The van der Waals surface area contributed by atoms with Gasteiger partial charge < -0.3 is 15.8 Å². The van der Waals surface area contributed by atoms with Gasteiger partial charge in [-0.3, -0.25) is 4.79 Å². The number of carbonyl (C=O) groups is 1. The van der Waals surface area contributed by atoms with E-state index < -0.39 is 6.10 Å². The summed E-state index contributed by atoms with van der Waals surface area (Å²) in [5.41, 5.74) is 6.28. The number of ether oxygens (including phenoxy) is 1. The predicted octanol–water partition coefficient (Wildman–Crippen LogP) is 0.838. The van der Waals surface area contributed by atoms with E-state index in [2.05, 4.69) is 5.32 Å². The highest BCUT2D eigenvalue weighted by atomic mass is 16.5. The average molecular weight is 222 g/mol. The first-order chi connectivity index (χ1) is 7.69. The van der Waals surface area contributed by atoms with Crippen molar-refractivity contribution in [3.63, 3.8) is 0 Å². The standard InChI is InChI=1S/C12H18N2O2/c1-9(8-13)14-12(15)11(16-2)10-6-4-3-5-7-10/h3-7,9,11H,8,13H2,1-2H3,(H,14,15)/t9-,11?/m1/s1. The first-order valence-electron chi connectivity index (χ1n) is 5.27. The molecule has 1 aromatic carbocycles. The lowest BCUT2D eigenvalue weighted by atomic mass is 10.1. The zero-order valence-corrected chi connectivity index (χ0v) is 9.64. The van der Waals surface area contributed by atoms with Gasteiger partial charge in [-0.2, -0.15) is 0 Å². The van der Waals surface area contributed by atoms with Gasteiger partial charge in [0, 0.05) is 19.7 Å². The van der Waals surface area contributed by atoms with Crippen LogP contribution in [0.25, 0.3) is 0 Å². The number of carbonyl (C=O) groups excluding carboxylic acids is 1. The highest BCUT2D eigenvalue weighted by Gasteiger charge is 2.20. The molecule has 0 bridgehead atoms. The monoisotopic (exact) mass is 222 g/mol. The van der Waals surface area contributed by atoms with E-state index in [-0.39, 0.29) is 11.9 Å². The Balaban J connectivity index is 2.71. The molecule has 0 saturated heterocycles. The summed E-state index contributed by atoms with van der Waals surface area (Å²) in [7, 11) is 1.52. The van der Waals surface area contributed by atoms with E-state index in [1.807, 2.05) is 37.3 Å². The minimum absolute atomic E-state index is 0.0473. The van der Waals surface area contributed by atoms with Crippen LogP contribution in [0.15, 0.2) is 30.3 Å². The molecule has 0 aliphatic rings. The Labute approximate surface area is 95.8 Å². The van der Waals surface area contributed by atoms with E-state index in [0.29, 0.717) is 6.54 Å². The number of nitrogens with one attached hydrogen (secondary N) is 1. The molecule has 1 aromatic rings. The fourth-order valence-electron chi connectivity index (χ4n) is 1.40. The van der Waals surface area contributed by atoms with E-state index in [4.69, 9.17) is 10.5 Å². The molecule has 16 heavy (non-hydrogen) atoms. The molecule has 1 amide bonds. The van der Waals surface area contributed by atoms with E-state index in [1.165, 1.54) is 7.11 Å². The summed E-state index contributed by atoms with van der Waals surface area (Å²) in [6, 6.07) is 9.33. The maximum Gasteiger partial charge on any atom is 0.254 e. The van der Waals surface area contributed by atoms with Gasteiger partial charge in [0.2, 0.25) is 0 Å². The van der Waals surface area contributed by atoms with Gasteiger partial charge in [0.05, 0.1) is 0 Å². The summed E-state index contributed by atoms with van der Waals surface area (Å²) < 4.78 is 5.19. The van der Waals surface area contributed by atoms with Gasteiger partial charge in [-0.1, -0.05) is 30.3 Å². The highest BCUT2D eigenvalue weighted by Crippen LogP contribution is 2.16. The molecule has 0 aliphatic heterocycles. The Hall–Kier alpha value is -1.39. The summed E-state index contributed by atoms with van der Waals surface area (Å²) in [5, 5.41) is 2.79. The Morgan fingerprint density at radius 3 is 2.56 bits per heavy atom. The number of amides is 1. The molecule has 4 heteroatoms. The van der Waals surface area contributed by atoms with Crippen LogP contribution in [0, 0.1) is 0 Å². The van der Waals surface area contributed by atoms with Crippen LogP contribution < -0.4 is 11.1 Å². The minimum atomic E-state index is -0.574. The summed E-state index contributed by atoms with van der Waals surface area (Å²) in [6.45, 7) is 2.27. The maximum absolute atomic E-state index is 11.9. The van der Waals surface area contributed by atoms with Crippen LogP contribution in [-0.4, -0.2) is 25.6 Å². The quantitative estimate of drug-likeness (QED) is 0.776. The summed E-state index contributed by atoms with van der Waals surface area (Å²) in [4.78, 5) is 11.9. The van der Waals surface area contributed by atoms with Crippen molar-refractivity contribution in [3.05, 3.63) is 35.9 Å². The number of hydrogen-bond donors (Lipinski definition) is 2. The molecular formula is C12H18N2O2. The lowest BCUT2D eigenvalue weighted by Crippen LogP contribution is -2.40. The normalized spacial score (nSPS) is 14.2. The molecule has 0 fully saturated rings. The highest BCUT2D eigenvalue weighted by molar-refractivity contribution is 5.82. The van der Waals surface area contributed by atoms with Gasteiger partial charge in [0.15, 0.2) is 6.10 Å². The topological polar surface area (TPSA) is 64.3 Å². The van der Waals surface area contributed by atoms with Gasteiger partial charge in [0.25, 0.3) is 5.91 Å². The van der Waals surface area contributed by atoms with Gasteiger partial charge in [-0.15, -0.1) is 0 Å². The van der Waals surface area contributed by atoms with E-state index >= 15 is 0 Å². The lowest BCUT2D eigenvalue weighted by molar-refractivity contribution is -0.132. The molecule has 0 heterocycles. The lowest BCUT2D eigenvalue weighted by Gasteiger charge is -2.18. The Morgan fingerprint density at radius 2 is 2.06 bits per heavy atom. The number of hydrogen-bond acceptors (Lipinski definition) is 3. The third-order valence-electron chi connectivity index (χ3n) is 2.32. The number of benzene rings is 1. The molecule has 0 radical (unpaired) electrons. The predicted molar refractivity (Wildman–Crippen MR) is 62.9 cm³/mol. The summed E-state index contributed by atoms with van der Waals surface area (Å²) >= 11 is 0. The molecule has 1 rings (SSSR count). The molecule has 1 unspecified atom stereocenters. The smallest absolute Gasteiger partial charge is 0.254 e. The van der Waals surface area contributed by atoms with Crippen LogP contribution in [-0.2, 0) is 9.53 Å². The van der Waals surface area contributed by atoms with Crippen LogP contribution >= 0.6 is 0 Å². The zero-order valence-electron chi connectivity index (χ0n) is 9.64. The molecular weight excluding hydrogens is 204 g/mol. The van der Waals surface area contributed by atoms with E-state index in [0.717, 1.165) is 5.56 Å². The molecule has 88 valence electrons. The molecule has 3 N–H and O–H groups in total. The van der Waals surface area contributed by atoms with E-state index in [1.54, 1.807) is 0 Å². The van der Waals surface area contributed by atoms with Crippen LogP contribution in [0.4, 0.5) is 0 Å². The molecule has 0 aliphatic carbocycles. The number of nitrogens with two attached hydrogens (primary N) is 1. The van der Waals surface area contributed by atoms with Gasteiger partial charge >= 0.3 is 0 Å². The fraction of sp³-hybridized carbons (Fsp3) is 0.417. The summed E-state index contributed by atoms with van der Waals surface area (Å²) in [5.74, 6) is -0.161. The second-order valence-corrected chi connectivity index (χ2v) is 3.67. The Bertz CT molecular complexity index is 327. The van der Waals surface area contributed by atoms with Crippen molar-refractivity contribution < 1.29 is 9.53 Å². The largest absolute Gasteiger partial charge is 0.367 e. The zero-order chi connectivity index (χ0) is 12.0. The second-order valence-electron chi connectivity index (χ2n) is 3.67. The SMILES string of the molecule is COC(C(=O)N[C@H](C)CN)c1ccccc1. The second kappa shape index (κ2) is 6.25. The van der Waals surface area contributed by atoms with Crippen molar-refractivity contribution in [2.45, 2.75) is 19.1 Å². The minimum Gasteiger partial charge on any atom is -0.367 e. The average Bonchev–Trinajstić information content (AvgIpc) is 2.31. The van der Waals surface area contributed by atoms with Crippen LogP contribution in [0.1, 0.15) is 18.6 Å². The number of rotatable bonds is 5. The molecule has 0 saturated carbocycles. The van der Waals surface area contributed by atoms with Crippen molar-refractivity contribution in [1.29, 1.82) is 0 Å². The number of methoxy groups -OCH3 is 1. The maximum atomic E-state index is 11.9. The van der Waals surface area contributed by atoms with Crippen molar-refractivity contribution in [2.24, 2.45) is 5.73 Å². The fourth-order valence-corrected chi connectivity index (χ4v) is 1.40. The van der Waals surface area contributed by atoms with Crippen LogP contribution in [0.3, 0.4) is 0 Å².